The van der Waals surface area contributed by atoms with Gasteiger partial charge in [-0.25, -0.2) is 0 Å². The van der Waals surface area contributed by atoms with Crippen LogP contribution in [0, 0.1) is 0 Å². The van der Waals surface area contributed by atoms with E-state index in [1.54, 1.807) is 31.6 Å². The summed E-state index contributed by atoms with van der Waals surface area (Å²) in [6.07, 6.45) is 3.24. The van der Waals surface area contributed by atoms with Gasteiger partial charge in [-0.3, -0.25) is 9.78 Å². The van der Waals surface area contributed by atoms with Crippen LogP contribution in [-0.4, -0.2) is 28.1 Å². The summed E-state index contributed by atoms with van der Waals surface area (Å²) in [5.41, 5.74) is 6.16. The summed E-state index contributed by atoms with van der Waals surface area (Å²) < 4.78 is 0. The summed E-state index contributed by atoms with van der Waals surface area (Å²) in [5, 5.41) is 7.86. The van der Waals surface area contributed by atoms with Crippen molar-refractivity contribution < 1.29 is 4.79 Å². The van der Waals surface area contributed by atoms with Crippen molar-refractivity contribution in [1.82, 2.24) is 15.2 Å². The molecule has 1 amide bonds. The van der Waals surface area contributed by atoms with Crippen LogP contribution in [0.3, 0.4) is 0 Å². The Morgan fingerprint density at radius 3 is 2.62 bits per heavy atom. The predicted molar refractivity (Wildman–Crippen MR) is 61.3 cm³/mol. The number of nitrogen functional groups attached to an aromatic ring is 1. The van der Waals surface area contributed by atoms with Crippen LogP contribution in [0.1, 0.15) is 9.80 Å². The molecule has 0 bridgehead atoms. The Kier molecular flexibility index (Phi) is 2.78. The van der Waals surface area contributed by atoms with Crippen molar-refractivity contribution in [3.63, 3.8) is 0 Å². The molecule has 2 N–H and O–H groups in total. The number of nitrogens with zero attached hydrogens (tertiary/aromatic N) is 4. The summed E-state index contributed by atoms with van der Waals surface area (Å²) in [7, 11) is 1.66. The van der Waals surface area contributed by atoms with Gasteiger partial charge in [0.1, 0.15) is 0 Å². The van der Waals surface area contributed by atoms with Crippen LogP contribution in [0.4, 0.5) is 10.8 Å². The van der Waals surface area contributed by atoms with Crippen molar-refractivity contribution in [1.29, 1.82) is 0 Å². The molecule has 0 fully saturated rings. The average molecular weight is 235 g/mol. The SMILES string of the molecule is CN(C(=O)c1nnc(N)s1)c1ccncc1. The molecule has 2 heterocycles. The fourth-order valence-corrected chi connectivity index (χ4v) is 1.74. The lowest BCUT2D eigenvalue weighted by molar-refractivity contribution is 0.0992. The van der Waals surface area contributed by atoms with Crippen LogP contribution in [0.25, 0.3) is 0 Å². The van der Waals surface area contributed by atoms with E-state index in [1.807, 2.05) is 0 Å². The van der Waals surface area contributed by atoms with Gasteiger partial charge in [0.2, 0.25) is 10.1 Å². The van der Waals surface area contributed by atoms with Crippen LogP contribution >= 0.6 is 11.3 Å². The largest absolute Gasteiger partial charge is 0.374 e. The van der Waals surface area contributed by atoms with Crippen LogP contribution in [0.2, 0.25) is 0 Å². The Bertz CT molecular complexity index is 498. The molecule has 0 radical (unpaired) electrons. The fourth-order valence-electron chi connectivity index (χ4n) is 1.15. The Labute approximate surface area is 95.7 Å². The molecule has 2 aromatic heterocycles. The first-order valence-corrected chi connectivity index (χ1v) is 5.27. The zero-order chi connectivity index (χ0) is 11.5. The molecule has 2 rings (SSSR count). The van der Waals surface area contributed by atoms with Crippen LogP contribution in [0.15, 0.2) is 24.5 Å². The van der Waals surface area contributed by atoms with Crippen molar-refractivity contribution >= 4 is 28.1 Å². The molecule has 0 saturated heterocycles. The minimum absolute atomic E-state index is 0.236. The summed E-state index contributed by atoms with van der Waals surface area (Å²) in [4.78, 5) is 17.3. The van der Waals surface area contributed by atoms with Gasteiger partial charge in [0.15, 0.2) is 0 Å². The molecule has 0 unspecified atom stereocenters. The highest BCUT2D eigenvalue weighted by Gasteiger charge is 2.17. The fraction of sp³-hybridized carbons (Fsp3) is 0.111. The number of pyridine rings is 1. The quantitative estimate of drug-likeness (QED) is 0.831. The van der Waals surface area contributed by atoms with E-state index in [2.05, 4.69) is 15.2 Å². The molecular formula is C9H9N5OS. The smallest absolute Gasteiger partial charge is 0.289 e. The van der Waals surface area contributed by atoms with E-state index in [4.69, 9.17) is 5.73 Å². The first-order chi connectivity index (χ1) is 7.68. The average Bonchev–Trinajstić information content (AvgIpc) is 2.75. The standard InChI is InChI=1S/C9H9N5OS/c1-14(6-2-4-11-5-3-6)8(15)7-12-13-9(10)16-7/h2-5H,1H3,(H2,10,13). The molecule has 0 atom stereocenters. The monoisotopic (exact) mass is 235 g/mol. The number of aromatic nitrogens is 3. The van der Waals surface area contributed by atoms with Gasteiger partial charge in [0.05, 0.1) is 0 Å². The minimum Gasteiger partial charge on any atom is -0.374 e. The predicted octanol–water partition coefficient (Wildman–Crippen LogP) is 0.792. The summed E-state index contributed by atoms with van der Waals surface area (Å²) in [6.45, 7) is 0. The maximum atomic E-state index is 11.9. The molecule has 0 aliphatic heterocycles. The molecule has 0 saturated carbocycles. The van der Waals surface area contributed by atoms with Gasteiger partial charge in [-0.05, 0) is 12.1 Å². The van der Waals surface area contributed by atoms with E-state index in [0.29, 0.717) is 0 Å². The summed E-state index contributed by atoms with van der Waals surface area (Å²) in [5.74, 6) is -0.236. The maximum Gasteiger partial charge on any atom is 0.289 e. The highest BCUT2D eigenvalue weighted by atomic mass is 32.1. The molecule has 2 aromatic rings. The number of anilines is 2. The van der Waals surface area contributed by atoms with Crippen LogP contribution < -0.4 is 10.6 Å². The molecule has 6 nitrogen and oxygen atoms in total. The van der Waals surface area contributed by atoms with Gasteiger partial charge in [0.25, 0.3) is 5.91 Å². The van der Waals surface area contributed by atoms with Crippen LogP contribution in [-0.2, 0) is 0 Å². The second kappa shape index (κ2) is 4.23. The lowest BCUT2D eigenvalue weighted by Gasteiger charge is -2.14. The zero-order valence-corrected chi connectivity index (χ0v) is 9.31. The molecule has 7 heteroatoms. The molecular weight excluding hydrogens is 226 g/mol. The Hall–Kier alpha value is -2.02. The second-order valence-corrected chi connectivity index (χ2v) is 4.02. The van der Waals surface area contributed by atoms with Crippen LogP contribution in [0.5, 0.6) is 0 Å². The third-order valence-electron chi connectivity index (χ3n) is 1.98. The number of rotatable bonds is 2. The highest BCUT2D eigenvalue weighted by Crippen LogP contribution is 2.17. The second-order valence-electron chi connectivity index (χ2n) is 3.02. The lowest BCUT2D eigenvalue weighted by atomic mass is 10.3. The van der Waals surface area contributed by atoms with Gasteiger partial charge in [0, 0.05) is 25.1 Å². The third-order valence-corrected chi connectivity index (χ3v) is 2.72. The van der Waals surface area contributed by atoms with Gasteiger partial charge >= 0.3 is 0 Å². The minimum atomic E-state index is -0.236. The number of carbonyl (C=O) groups excluding carboxylic acids is 1. The van der Waals surface area contributed by atoms with E-state index in [9.17, 15) is 4.79 Å². The van der Waals surface area contributed by atoms with Gasteiger partial charge in [-0.15, -0.1) is 10.2 Å². The highest BCUT2D eigenvalue weighted by molar-refractivity contribution is 7.17. The summed E-state index contributed by atoms with van der Waals surface area (Å²) >= 11 is 1.07. The maximum absolute atomic E-state index is 11.9. The third kappa shape index (κ3) is 1.98. The van der Waals surface area contributed by atoms with E-state index >= 15 is 0 Å². The normalized spacial score (nSPS) is 10.1. The van der Waals surface area contributed by atoms with Crippen molar-refractivity contribution in [3.05, 3.63) is 29.5 Å². The number of hydrogen-bond acceptors (Lipinski definition) is 6. The lowest BCUT2D eigenvalue weighted by Crippen LogP contribution is -2.26. The van der Waals surface area contributed by atoms with E-state index in [-0.39, 0.29) is 16.0 Å². The zero-order valence-electron chi connectivity index (χ0n) is 8.49. The van der Waals surface area contributed by atoms with Gasteiger partial charge in [-0.1, -0.05) is 11.3 Å². The van der Waals surface area contributed by atoms with E-state index < -0.39 is 0 Å². The molecule has 0 aliphatic carbocycles. The molecule has 82 valence electrons. The summed E-state index contributed by atoms with van der Waals surface area (Å²) in [6, 6.07) is 3.48. The first kappa shape index (κ1) is 10.5. The Morgan fingerprint density at radius 2 is 2.06 bits per heavy atom. The van der Waals surface area contributed by atoms with Gasteiger partial charge in [-0.2, -0.15) is 0 Å². The van der Waals surface area contributed by atoms with Crippen molar-refractivity contribution in [2.75, 3.05) is 17.7 Å². The number of carbonyl (C=O) groups is 1. The Morgan fingerprint density at radius 1 is 1.38 bits per heavy atom. The Balaban J connectivity index is 2.23. The number of amides is 1. The molecule has 0 spiro atoms. The molecule has 0 aromatic carbocycles. The van der Waals surface area contributed by atoms with E-state index in [0.717, 1.165) is 17.0 Å². The van der Waals surface area contributed by atoms with Crippen molar-refractivity contribution in [3.8, 4) is 0 Å². The first-order valence-electron chi connectivity index (χ1n) is 4.45. The van der Waals surface area contributed by atoms with E-state index in [1.165, 1.54) is 4.90 Å². The van der Waals surface area contributed by atoms with Crippen molar-refractivity contribution in [2.45, 2.75) is 0 Å². The van der Waals surface area contributed by atoms with Gasteiger partial charge < -0.3 is 10.6 Å². The topological polar surface area (TPSA) is 85.0 Å². The number of nitrogens with two attached hydrogens (primary N) is 1. The molecule has 0 aliphatic rings. The molecule has 16 heavy (non-hydrogen) atoms. The number of hydrogen-bond donors (Lipinski definition) is 1. The van der Waals surface area contributed by atoms with Crippen molar-refractivity contribution in [2.24, 2.45) is 0 Å².